The van der Waals surface area contributed by atoms with Gasteiger partial charge in [0.15, 0.2) is 0 Å². The van der Waals surface area contributed by atoms with Crippen LogP contribution in [0.2, 0.25) is 0 Å². The second-order valence-electron chi connectivity index (χ2n) is 6.33. The Labute approximate surface area is 153 Å². The summed E-state index contributed by atoms with van der Waals surface area (Å²) in [7, 11) is 1.70. The Hall–Kier alpha value is -2.98. The first-order chi connectivity index (χ1) is 12.8. The molecule has 0 saturated heterocycles. The molecule has 1 heterocycles. The molecule has 0 radical (unpaired) electrons. The fourth-order valence-corrected chi connectivity index (χ4v) is 3.55. The summed E-state index contributed by atoms with van der Waals surface area (Å²) in [4.78, 5) is 2.30. The van der Waals surface area contributed by atoms with Gasteiger partial charge >= 0.3 is 0 Å². The van der Waals surface area contributed by atoms with Gasteiger partial charge in [0.05, 0.1) is 18.8 Å². The first kappa shape index (κ1) is 16.5. The van der Waals surface area contributed by atoms with E-state index < -0.39 is 0 Å². The van der Waals surface area contributed by atoms with E-state index >= 15 is 0 Å². The number of hydrogen-bond donors (Lipinski definition) is 1. The van der Waals surface area contributed by atoms with Crippen molar-refractivity contribution in [3.8, 4) is 17.2 Å². The molecule has 0 fully saturated rings. The molecule has 3 aromatic rings. The zero-order valence-corrected chi connectivity index (χ0v) is 14.8. The van der Waals surface area contributed by atoms with Crippen molar-refractivity contribution in [3.63, 3.8) is 0 Å². The predicted molar refractivity (Wildman–Crippen MR) is 104 cm³/mol. The SMILES string of the molecule is COc1ccccc1N1Cc2ccc(Oc3ccccc3)cc2C1CN. The average molecular weight is 346 g/mol. The Balaban J connectivity index is 1.66. The highest BCUT2D eigenvalue weighted by molar-refractivity contribution is 5.63. The van der Waals surface area contributed by atoms with E-state index in [1.807, 2.05) is 54.6 Å². The molecular formula is C22H22N2O2. The molecule has 0 saturated carbocycles. The van der Waals surface area contributed by atoms with Crippen LogP contribution < -0.4 is 20.1 Å². The third-order valence-corrected chi connectivity index (χ3v) is 4.79. The second-order valence-corrected chi connectivity index (χ2v) is 6.33. The summed E-state index contributed by atoms with van der Waals surface area (Å²) in [6.07, 6.45) is 0. The van der Waals surface area contributed by atoms with Crippen LogP contribution in [0.3, 0.4) is 0 Å². The number of para-hydroxylation sites is 3. The molecule has 0 amide bonds. The molecule has 0 bridgehead atoms. The molecule has 4 nitrogen and oxygen atoms in total. The molecule has 4 rings (SSSR count). The summed E-state index contributed by atoms with van der Waals surface area (Å²) in [5, 5.41) is 0. The van der Waals surface area contributed by atoms with Crippen LogP contribution >= 0.6 is 0 Å². The van der Waals surface area contributed by atoms with Crippen LogP contribution in [0.5, 0.6) is 17.2 Å². The minimum atomic E-state index is 0.0978. The Bertz CT molecular complexity index is 896. The van der Waals surface area contributed by atoms with Crippen molar-refractivity contribution >= 4 is 5.69 Å². The van der Waals surface area contributed by atoms with E-state index in [1.54, 1.807) is 7.11 Å². The van der Waals surface area contributed by atoms with Crippen molar-refractivity contribution in [2.45, 2.75) is 12.6 Å². The fourth-order valence-electron chi connectivity index (χ4n) is 3.55. The first-order valence-corrected chi connectivity index (χ1v) is 8.75. The number of rotatable bonds is 5. The second kappa shape index (κ2) is 7.10. The third kappa shape index (κ3) is 3.00. The number of fused-ring (bicyclic) bond motifs is 1. The zero-order valence-electron chi connectivity index (χ0n) is 14.8. The lowest BCUT2D eigenvalue weighted by molar-refractivity contribution is 0.413. The van der Waals surface area contributed by atoms with Gasteiger partial charge in [-0.2, -0.15) is 0 Å². The highest BCUT2D eigenvalue weighted by Gasteiger charge is 2.31. The van der Waals surface area contributed by atoms with Crippen LogP contribution in [0.4, 0.5) is 5.69 Å². The molecule has 0 aliphatic carbocycles. The van der Waals surface area contributed by atoms with Gasteiger partial charge in [-0.25, -0.2) is 0 Å². The summed E-state index contributed by atoms with van der Waals surface area (Å²) in [5.41, 5.74) is 9.69. The van der Waals surface area contributed by atoms with E-state index in [4.69, 9.17) is 15.2 Å². The van der Waals surface area contributed by atoms with Crippen LogP contribution in [0.15, 0.2) is 72.8 Å². The molecule has 2 N–H and O–H groups in total. The summed E-state index contributed by atoms with van der Waals surface area (Å²) in [5.74, 6) is 2.52. The van der Waals surface area contributed by atoms with Crippen molar-refractivity contribution in [1.29, 1.82) is 0 Å². The molecule has 1 aliphatic heterocycles. The molecule has 132 valence electrons. The van der Waals surface area contributed by atoms with Gasteiger partial charge in [-0.3, -0.25) is 0 Å². The van der Waals surface area contributed by atoms with Crippen molar-refractivity contribution in [3.05, 3.63) is 83.9 Å². The zero-order chi connectivity index (χ0) is 17.9. The molecule has 26 heavy (non-hydrogen) atoms. The van der Waals surface area contributed by atoms with Crippen LogP contribution in [0.1, 0.15) is 17.2 Å². The largest absolute Gasteiger partial charge is 0.495 e. The van der Waals surface area contributed by atoms with Crippen LogP contribution in [0.25, 0.3) is 0 Å². The molecule has 3 aromatic carbocycles. The number of nitrogens with two attached hydrogens (primary N) is 1. The van der Waals surface area contributed by atoms with Gasteiger partial charge in [0.1, 0.15) is 17.2 Å². The van der Waals surface area contributed by atoms with Gasteiger partial charge in [-0.1, -0.05) is 36.4 Å². The fraction of sp³-hybridized carbons (Fsp3) is 0.182. The van der Waals surface area contributed by atoms with E-state index in [9.17, 15) is 0 Å². The lowest BCUT2D eigenvalue weighted by Gasteiger charge is -2.27. The quantitative estimate of drug-likeness (QED) is 0.738. The van der Waals surface area contributed by atoms with Gasteiger partial charge in [0, 0.05) is 13.1 Å². The third-order valence-electron chi connectivity index (χ3n) is 4.79. The minimum absolute atomic E-state index is 0.0978. The van der Waals surface area contributed by atoms with Crippen molar-refractivity contribution in [1.82, 2.24) is 0 Å². The Morgan fingerprint density at radius 1 is 0.962 bits per heavy atom. The summed E-state index contributed by atoms with van der Waals surface area (Å²) in [6, 6.07) is 24.2. The smallest absolute Gasteiger partial charge is 0.142 e. The maximum absolute atomic E-state index is 6.15. The van der Waals surface area contributed by atoms with E-state index in [1.165, 1.54) is 11.1 Å². The molecule has 1 aliphatic rings. The van der Waals surface area contributed by atoms with E-state index in [0.29, 0.717) is 6.54 Å². The predicted octanol–water partition coefficient (Wildman–Crippen LogP) is 4.51. The lowest BCUT2D eigenvalue weighted by atomic mass is 10.0. The van der Waals surface area contributed by atoms with Gasteiger partial charge < -0.3 is 20.1 Å². The monoisotopic (exact) mass is 346 g/mol. The molecule has 1 unspecified atom stereocenters. The van der Waals surface area contributed by atoms with Gasteiger partial charge in [0.2, 0.25) is 0 Å². The summed E-state index contributed by atoms with van der Waals surface area (Å²) < 4.78 is 11.5. The lowest BCUT2D eigenvalue weighted by Crippen LogP contribution is -2.28. The molecule has 0 aromatic heterocycles. The maximum atomic E-state index is 6.15. The van der Waals surface area contributed by atoms with Gasteiger partial charge in [-0.05, 0) is 47.5 Å². The number of anilines is 1. The van der Waals surface area contributed by atoms with E-state index in [-0.39, 0.29) is 6.04 Å². The number of hydrogen-bond acceptors (Lipinski definition) is 4. The standard InChI is InChI=1S/C22H22N2O2/c1-25-22-10-6-5-9-20(22)24-15-16-11-12-18(13-19(16)21(24)14-23)26-17-7-3-2-4-8-17/h2-13,21H,14-15,23H2,1H3. The number of ether oxygens (including phenoxy) is 2. The number of nitrogens with zero attached hydrogens (tertiary/aromatic N) is 1. The van der Waals surface area contributed by atoms with Gasteiger partial charge in [-0.15, -0.1) is 0 Å². The van der Waals surface area contributed by atoms with Gasteiger partial charge in [0.25, 0.3) is 0 Å². The number of methoxy groups -OCH3 is 1. The maximum Gasteiger partial charge on any atom is 0.142 e. The Kier molecular flexibility index (Phi) is 4.50. The van der Waals surface area contributed by atoms with Crippen molar-refractivity contribution in [2.24, 2.45) is 5.73 Å². The Morgan fingerprint density at radius 2 is 1.73 bits per heavy atom. The summed E-state index contributed by atoms with van der Waals surface area (Å²) in [6.45, 7) is 1.34. The molecular weight excluding hydrogens is 324 g/mol. The topological polar surface area (TPSA) is 47.7 Å². The normalized spacial score (nSPS) is 15.6. The molecule has 1 atom stereocenters. The van der Waals surface area contributed by atoms with Crippen molar-refractivity contribution < 1.29 is 9.47 Å². The van der Waals surface area contributed by atoms with E-state index in [2.05, 4.69) is 23.1 Å². The van der Waals surface area contributed by atoms with Crippen LogP contribution in [-0.4, -0.2) is 13.7 Å². The minimum Gasteiger partial charge on any atom is -0.495 e. The molecule has 0 spiro atoms. The first-order valence-electron chi connectivity index (χ1n) is 8.75. The average Bonchev–Trinajstić information content (AvgIpc) is 3.06. The molecule has 4 heteroatoms. The highest BCUT2D eigenvalue weighted by Crippen LogP contribution is 2.42. The van der Waals surface area contributed by atoms with Crippen LogP contribution in [-0.2, 0) is 6.54 Å². The summed E-state index contributed by atoms with van der Waals surface area (Å²) >= 11 is 0. The highest BCUT2D eigenvalue weighted by atomic mass is 16.5. The Morgan fingerprint density at radius 3 is 2.50 bits per heavy atom. The van der Waals surface area contributed by atoms with Crippen molar-refractivity contribution in [2.75, 3.05) is 18.6 Å². The number of benzene rings is 3. The van der Waals surface area contributed by atoms with Crippen LogP contribution in [0, 0.1) is 0 Å². The van der Waals surface area contributed by atoms with E-state index in [0.717, 1.165) is 29.5 Å².